The molecular formula is C90H56BN3O2. The standard InChI is InChI=1S/C90H56BN3O2/c1-7-23-57(24-8-1)63-41-45-84-72(47-63)88-80(51-67(53-86(88)95-84)61-31-15-5-16-32-61)93-78-43-39-65(59-27-11-3-12-28-59)49-74(78)91-75-50-66(60-29-13-4-14-30-60)40-44-79(75)94(83-56-69(55-82(93)90(83)91)92-76-37-21-19-35-70(76)71-36-20-22-38-77(71)92)81-52-68(62-33-17-6-18-34-62)54-87-89(81)73-48-64(42-46-85(73)96-87)58-25-9-2-10-26-58/h1-56H/i19D,20D,21D,22D,35D,36D,37D,38D. The summed E-state index contributed by atoms with van der Waals surface area (Å²) in [7, 11) is 0. The molecule has 5 heterocycles. The van der Waals surface area contributed by atoms with Gasteiger partial charge in [-0.25, -0.2) is 0 Å². The molecule has 0 atom stereocenters. The minimum absolute atomic E-state index is 0.00213. The SMILES string of the molecule is [2H]c1c([2H])c([2H])c2c(c1[2H])c1c([2H])c([2H])c([2H])c([2H])c1n2-c1cc2c3c(c1)N(c1cc(-c4ccccc4)cc4oc5ccc(-c6ccccc6)cc5c14)c1ccc(-c4ccccc4)cc1B3c1cc(-c3ccccc3)ccc1N2c1cc(-c2ccccc2)cc2oc3ccc(-c4ccccc4)cc3c12. The largest absolute Gasteiger partial charge is 0.456 e. The molecule has 6 heteroatoms. The number of aromatic nitrogens is 1. The quantitative estimate of drug-likeness (QED) is 0.135. The van der Waals surface area contributed by atoms with Gasteiger partial charge in [-0.05, 0) is 168 Å². The van der Waals surface area contributed by atoms with E-state index in [1.165, 1.54) is 0 Å². The second-order valence-corrected chi connectivity index (χ2v) is 24.9. The van der Waals surface area contributed by atoms with Gasteiger partial charge in [-0.1, -0.05) is 255 Å². The summed E-state index contributed by atoms with van der Waals surface area (Å²) in [5.41, 5.74) is 22.4. The zero-order valence-corrected chi connectivity index (χ0v) is 51.4. The van der Waals surface area contributed by atoms with E-state index in [0.29, 0.717) is 39.4 Å². The highest BCUT2D eigenvalue weighted by Crippen LogP contribution is 2.53. The van der Waals surface area contributed by atoms with Crippen LogP contribution in [0.2, 0.25) is 0 Å². The molecule has 0 radical (unpaired) electrons. The van der Waals surface area contributed by atoms with Gasteiger partial charge < -0.3 is 23.2 Å². The van der Waals surface area contributed by atoms with Gasteiger partial charge in [0.2, 0.25) is 0 Å². The molecule has 0 saturated carbocycles. The van der Waals surface area contributed by atoms with Crippen LogP contribution in [-0.2, 0) is 0 Å². The van der Waals surface area contributed by atoms with Crippen LogP contribution in [0.4, 0.5) is 34.1 Å². The van der Waals surface area contributed by atoms with Crippen molar-refractivity contribution in [1.29, 1.82) is 0 Å². The third-order valence-corrected chi connectivity index (χ3v) is 19.6. The zero-order chi connectivity index (χ0) is 69.9. The summed E-state index contributed by atoms with van der Waals surface area (Å²) in [5, 5.41) is 3.37. The lowest BCUT2D eigenvalue weighted by Crippen LogP contribution is -2.61. The van der Waals surface area contributed by atoms with Gasteiger partial charge in [-0.3, -0.25) is 0 Å². The molecule has 96 heavy (non-hydrogen) atoms. The Labute approximate surface area is 566 Å². The predicted molar refractivity (Wildman–Crippen MR) is 402 cm³/mol. The molecule has 0 fully saturated rings. The van der Waals surface area contributed by atoms with E-state index < -0.39 is 55.1 Å². The second kappa shape index (κ2) is 21.5. The van der Waals surface area contributed by atoms with Crippen LogP contribution in [0.3, 0.4) is 0 Å². The maximum atomic E-state index is 10.0. The summed E-state index contributed by atoms with van der Waals surface area (Å²) in [6.07, 6.45) is 0. The maximum absolute atomic E-state index is 10.0. The molecular weight excluding hydrogens is 1170 g/mol. The smallest absolute Gasteiger partial charge is 0.252 e. The number of hydrogen-bond donors (Lipinski definition) is 0. The van der Waals surface area contributed by atoms with Crippen molar-refractivity contribution in [3.05, 3.63) is 340 Å². The molecule has 0 saturated heterocycles. The molecule has 5 nitrogen and oxygen atoms in total. The molecule has 2 aliphatic rings. The Bertz CT molecular complexity index is 6260. The molecule has 0 spiro atoms. The molecule has 3 aromatic heterocycles. The first kappa shape index (κ1) is 46.4. The van der Waals surface area contributed by atoms with E-state index in [2.05, 4.69) is 216 Å². The van der Waals surface area contributed by atoms with Gasteiger partial charge in [-0.15, -0.1) is 0 Å². The Hall–Kier alpha value is -12.6. The number of rotatable bonds is 9. The van der Waals surface area contributed by atoms with Gasteiger partial charge in [0.1, 0.15) is 22.3 Å². The topological polar surface area (TPSA) is 37.7 Å². The minimum atomic E-state index is -0.538. The van der Waals surface area contributed by atoms with Gasteiger partial charge >= 0.3 is 0 Å². The summed E-state index contributed by atoms with van der Waals surface area (Å²) in [6, 6.07) is 97.6. The highest BCUT2D eigenvalue weighted by molar-refractivity contribution is 7.00. The number of para-hydroxylation sites is 2. The van der Waals surface area contributed by atoms with Gasteiger partial charge in [-0.2, -0.15) is 0 Å². The van der Waals surface area contributed by atoms with Crippen LogP contribution in [0.5, 0.6) is 0 Å². The van der Waals surface area contributed by atoms with Crippen molar-refractivity contribution < 1.29 is 19.8 Å². The van der Waals surface area contributed by atoms with Crippen molar-refractivity contribution in [3.8, 4) is 72.4 Å². The predicted octanol–water partition coefficient (Wildman–Crippen LogP) is 22.7. The molecule has 0 bridgehead atoms. The van der Waals surface area contributed by atoms with Crippen molar-refractivity contribution in [3.63, 3.8) is 0 Å². The number of benzene rings is 15. The van der Waals surface area contributed by atoms with Crippen LogP contribution in [-0.4, -0.2) is 11.3 Å². The summed E-state index contributed by atoms with van der Waals surface area (Å²) >= 11 is 0. The van der Waals surface area contributed by atoms with Crippen LogP contribution in [0.1, 0.15) is 11.0 Å². The Balaban J connectivity index is 1.01. The van der Waals surface area contributed by atoms with Crippen LogP contribution in [0, 0.1) is 0 Å². The number of anilines is 6. The first-order valence-corrected chi connectivity index (χ1v) is 32.3. The van der Waals surface area contributed by atoms with Crippen molar-refractivity contribution in [2.45, 2.75) is 0 Å². The van der Waals surface area contributed by atoms with E-state index in [1.54, 1.807) is 4.57 Å². The van der Waals surface area contributed by atoms with Crippen LogP contribution in [0.25, 0.3) is 138 Å². The molecule has 0 N–H and O–H groups in total. The number of furan rings is 2. The van der Waals surface area contributed by atoms with E-state index >= 15 is 0 Å². The monoisotopic (exact) mass is 1230 g/mol. The third kappa shape index (κ3) is 8.45. The average molecular weight is 1230 g/mol. The molecule has 0 amide bonds. The molecule has 2 aliphatic heterocycles. The Morgan fingerprint density at radius 1 is 0.260 bits per heavy atom. The maximum Gasteiger partial charge on any atom is 0.252 e. The van der Waals surface area contributed by atoms with E-state index in [0.717, 1.165) is 127 Å². The van der Waals surface area contributed by atoms with Gasteiger partial charge in [0.05, 0.1) is 49.8 Å². The van der Waals surface area contributed by atoms with Crippen molar-refractivity contribution in [2.75, 3.05) is 9.80 Å². The zero-order valence-electron chi connectivity index (χ0n) is 59.4. The third-order valence-electron chi connectivity index (χ3n) is 19.6. The normalized spacial score (nSPS) is 13.7. The van der Waals surface area contributed by atoms with E-state index in [-0.39, 0.29) is 21.8 Å². The highest BCUT2D eigenvalue weighted by Gasteiger charge is 2.45. The van der Waals surface area contributed by atoms with Crippen LogP contribution >= 0.6 is 0 Å². The lowest BCUT2D eigenvalue weighted by atomic mass is 9.33. The van der Waals surface area contributed by atoms with Crippen molar-refractivity contribution >= 4 is 123 Å². The second-order valence-electron chi connectivity index (χ2n) is 24.9. The Morgan fingerprint density at radius 3 is 0.990 bits per heavy atom. The van der Waals surface area contributed by atoms with Gasteiger partial charge in [0.15, 0.2) is 0 Å². The fourth-order valence-electron chi connectivity index (χ4n) is 15.3. The molecule has 446 valence electrons. The molecule has 18 aromatic rings. The van der Waals surface area contributed by atoms with Crippen molar-refractivity contribution in [2.24, 2.45) is 0 Å². The molecule has 20 rings (SSSR count). The summed E-state index contributed by atoms with van der Waals surface area (Å²) in [4.78, 5) is 4.69. The van der Waals surface area contributed by atoms with E-state index in [4.69, 9.17) is 8.83 Å². The average Bonchev–Trinajstić information content (AvgIpc) is 1.03. The van der Waals surface area contributed by atoms with Crippen molar-refractivity contribution in [1.82, 2.24) is 4.57 Å². The number of nitrogens with zero attached hydrogens (tertiary/aromatic N) is 3. The van der Waals surface area contributed by atoms with E-state index in [9.17, 15) is 11.0 Å². The lowest BCUT2D eigenvalue weighted by Gasteiger charge is -2.45. The lowest BCUT2D eigenvalue weighted by molar-refractivity contribution is 0.668. The van der Waals surface area contributed by atoms with Crippen LogP contribution < -0.4 is 26.2 Å². The fraction of sp³-hybridized carbons (Fsp3) is 0. The molecule has 15 aromatic carbocycles. The first-order chi connectivity index (χ1) is 50.9. The summed E-state index contributed by atoms with van der Waals surface area (Å²) in [6.45, 7) is -0.538. The fourth-order valence-corrected chi connectivity index (χ4v) is 15.3. The van der Waals surface area contributed by atoms with Gasteiger partial charge in [0, 0.05) is 44.3 Å². The minimum Gasteiger partial charge on any atom is -0.456 e. The first-order valence-electron chi connectivity index (χ1n) is 36.3. The Kier molecular flexibility index (Phi) is 10.4. The molecule has 0 unspecified atom stereocenters. The summed E-state index contributed by atoms with van der Waals surface area (Å²) < 4.78 is 92.8. The summed E-state index contributed by atoms with van der Waals surface area (Å²) in [5.74, 6) is 0. The number of fused-ring (bicyclic) bond motifs is 13. The number of hydrogen-bond acceptors (Lipinski definition) is 4. The highest BCUT2D eigenvalue weighted by atomic mass is 16.3. The van der Waals surface area contributed by atoms with Crippen LogP contribution in [0.15, 0.2) is 348 Å². The van der Waals surface area contributed by atoms with Gasteiger partial charge in [0.25, 0.3) is 6.71 Å². The molecule has 0 aliphatic carbocycles. The van der Waals surface area contributed by atoms with E-state index in [1.807, 2.05) is 84.9 Å². The Morgan fingerprint density at radius 2 is 0.604 bits per heavy atom.